The number of thioether (sulfide) groups is 1. The Hall–Kier alpha value is 0.300. The quantitative estimate of drug-likeness (QED) is 0.695. The lowest BCUT2D eigenvalue weighted by atomic mass is 10.1. The van der Waals surface area contributed by atoms with Gasteiger partial charge in [0.15, 0.2) is 0 Å². The van der Waals surface area contributed by atoms with E-state index < -0.39 is 0 Å². The summed E-state index contributed by atoms with van der Waals surface area (Å²) in [6, 6.07) is 0.419. The maximum absolute atomic E-state index is 12.5. The van der Waals surface area contributed by atoms with E-state index in [9.17, 15) is 4.79 Å². The highest BCUT2D eigenvalue weighted by Crippen LogP contribution is 2.27. The van der Waals surface area contributed by atoms with Crippen LogP contribution >= 0.6 is 27.7 Å². The second-order valence-electron chi connectivity index (χ2n) is 4.55. The van der Waals surface area contributed by atoms with Crippen molar-refractivity contribution in [3.8, 4) is 0 Å². The molecule has 1 rings (SSSR count). The lowest BCUT2D eigenvalue weighted by Crippen LogP contribution is -2.45. The molecule has 0 aliphatic carbocycles. The molecule has 0 spiro atoms. The molecule has 0 saturated carbocycles. The molecule has 4 heteroatoms. The maximum Gasteiger partial charge on any atom is 0.235 e. The summed E-state index contributed by atoms with van der Waals surface area (Å²) in [5.74, 6) is 1.53. The van der Waals surface area contributed by atoms with E-state index in [-0.39, 0.29) is 5.25 Å². The Kier molecular flexibility index (Phi) is 7.60. The summed E-state index contributed by atoms with van der Waals surface area (Å²) >= 11 is 5.33. The van der Waals surface area contributed by atoms with Gasteiger partial charge in [-0.3, -0.25) is 4.79 Å². The van der Waals surface area contributed by atoms with Crippen LogP contribution in [0.15, 0.2) is 0 Å². The fourth-order valence-corrected chi connectivity index (χ4v) is 4.06. The molecule has 1 atom stereocenters. The molecule has 100 valence electrons. The van der Waals surface area contributed by atoms with E-state index in [2.05, 4.69) is 34.7 Å². The molecule has 0 aromatic heterocycles. The number of alkyl halides is 1. The largest absolute Gasteiger partial charge is 0.338 e. The van der Waals surface area contributed by atoms with Gasteiger partial charge in [0, 0.05) is 17.9 Å². The molecule has 0 radical (unpaired) electrons. The first-order chi connectivity index (χ1) is 8.24. The van der Waals surface area contributed by atoms with Gasteiger partial charge in [-0.2, -0.15) is 0 Å². The van der Waals surface area contributed by atoms with Gasteiger partial charge in [-0.1, -0.05) is 36.2 Å². The van der Waals surface area contributed by atoms with E-state index in [1.54, 1.807) is 0 Å². The predicted octanol–water partition coefficient (Wildman–Crippen LogP) is 3.68. The normalized spacial score (nSPS) is 20.6. The van der Waals surface area contributed by atoms with Gasteiger partial charge in [0.1, 0.15) is 0 Å². The summed E-state index contributed by atoms with van der Waals surface area (Å²) in [6.45, 7) is 5.20. The number of amides is 1. The Bertz CT molecular complexity index is 227. The summed E-state index contributed by atoms with van der Waals surface area (Å²) < 4.78 is 0. The van der Waals surface area contributed by atoms with Gasteiger partial charge in [-0.05, 0) is 31.4 Å². The van der Waals surface area contributed by atoms with Crippen LogP contribution in [0.25, 0.3) is 0 Å². The van der Waals surface area contributed by atoms with Crippen LogP contribution in [0.4, 0.5) is 0 Å². The molecule has 1 fully saturated rings. The molecule has 0 N–H and O–H groups in total. The third kappa shape index (κ3) is 4.47. The van der Waals surface area contributed by atoms with Crippen LogP contribution in [0.5, 0.6) is 0 Å². The van der Waals surface area contributed by atoms with Gasteiger partial charge >= 0.3 is 0 Å². The first kappa shape index (κ1) is 15.4. The Morgan fingerprint density at radius 3 is 2.59 bits per heavy atom. The van der Waals surface area contributed by atoms with Crippen molar-refractivity contribution in [1.29, 1.82) is 0 Å². The van der Waals surface area contributed by atoms with Crippen molar-refractivity contribution in [1.82, 2.24) is 4.90 Å². The zero-order chi connectivity index (χ0) is 12.7. The van der Waals surface area contributed by atoms with Gasteiger partial charge < -0.3 is 4.90 Å². The monoisotopic (exact) mass is 321 g/mol. The number of rotatable bonds is 6. The van der Waals surface area contributed by atoms with Gasteiger partial charge in [-0.25, -0.2) is 0 Å². The van der Waals surface area contributed by atoms with Crippen molar-refractivity contribution in [2.75, 3.05) is 17.6 Å². The summed E-state index contributed by atoms with van der Waals surface area (Å²) in [5.41, 5.74) is 0. The molecule has 2 nitrogen and oxygen atoms in total. The van der Waals surface area contributed by atoms with Crippen molar-refractivity contribution < 1.29 is 4.79 Å². The van der Waals surface area contributed by atoms with Crippen LogP contribution in [0, 0.1) is 0 Å². The number of hydrogen-bond donors (Lipinski definition) is 0. The van der Waals surface area contributed by atoms with Crippen molar-refractivity contribution in [2.45, 2.75) is 57.2 Å². The van der Waals surface area contributed by atoms with Crippen LogP contribution in [0.3, 0.4) is 0 Å². The molecule has 1 heterocycles. The van der Waals surface area contributed by atoms with Gasteiger partial charge in [0.25, 0.3) is 0 Å². The Morgan fingerprint density at radius 2 is 2.12 bits per heavy atom. The maximum atomic E-state index is 12.5. The SMILES string of the molecule is CCC(CC)N(CCBr)C(=O)C1CCCCS1. The van der Waals surface area contributed by atoms with E-state index in [0.717, 1.165) is 36.9 Å². The van der Waals surface area contributed by atoms with Crippen molar-refractivity contribution >= 4 is 33.6 Å². The first-order valence-electron chi connectivity index (χ1n) is 6.72. The molecular weight excluding hydrogens is 298 g/mol. The fourth-order valence-electron chi connectivity index (χ4n) is 2.41. The molecule has 0 aromatic carbocycles. The number of nitrogens with zero attached hydrogens (tertiary/aromatic N) is 1. The van der Waals surface area contributed by atoms with E-state index in [1.165, 1.54) is 12.8 Å². The summed E-state index contributed by atoms with van der Waals surface area (Å²) in [4.78, 5) is 14.6. The number of carbonyl (C=O) groups is 1. The number of hydrogen-bond acceptors (Lipinski definition) is 2. The second-order valence-corrected chi connectivity index (χ2v) is 6.65. The lowest BCUT2D eigenvalue weighted by molar-refractivity contribution is -0.133. The lowest BCUT2D eigenvalue weighted by Gasteiger charge is -2.34. The minimum Gasteiger partial charge on any atom is -0.338 e. The smallest absolute Gasteiger partial charge is 0.235 e. The van der Waals surface area contributed by atoms with E-state index in [4.69, 9.17) is 0 Å². The Morgan fingerprint density at radius 1 is 1.41 bits per heavy atom. The molecule has 1 aliphatic rings. The summed E-state index contributed by atoms with van der Waals surface area (Å²) in [5, 5.41) is 1.11. The average Bonchev–Trinajstić information content (AvgIpc) is 2.39. The van der Waals surface area contributed by atoms with Gasteiger partial charge in [0.2, 0.25) is 5.91 Å². The van der Waals surface area contributed by atoms with E-state index in [0.29, 0.717) is 11.9 Å². The highest BCUT2D eigenvalue weighted by molar-refractivity contribution is 9.09. The van der Waals surface area contributed by atoms with Gasteiger partial charge in [-0.15, -0.1) is 11.8 Å². The summed E-state index contributed by atoms with van der Waals surface area (Å²) in [6.07, 6.45) is 5.69. The average molecular weight is 322 g/mol. The standard InChI is InChI=1S/C13H24BrNOS/c1-3-11(4-2)15(9-8-14)13(16)12-7-5-6-10-17-12/h11-12H,3-10H2,1-2H3. The third-order valence-electron chi connectivity index (χ3n) is 3.45. The minimum atomic E-state index is 0.225. The van der Waals surface area contributed by atoms with Gasteiger partial charge in [0.05, 0.1) is 5.25 Å². The first-order valence-corrected chi connectivity index (χ1v) is 8.89. The summed E-state index contributed by atoms with van der Waals surface area (Å²) in [7, 11) is 0. The molecule has 1 amide bonds. The third-order valence-corrected chi connectivity index (χ3v) is 5.17. The topological polar surface area (TPSA) is 20.3 Å². The molecule has 1 unspecified atom stereocenters. The van der Waals surface area contributed by atoms with Crippen molar-refractivity contribution in [3.05, 3.63) is 0 Å². The van der Waals surface area contributed by atoms with Crippen LogP contribution in [0.2, 0.25) is 0 Å². The minimum absolute atomic E-state index is 0.225. The predicted molar refractivity (Wildman–Crippen MR) is 80.0 cm³/mol. The zero-order valence-electron chi connectivity index (χ0n) is 11.0. The fraction of sp³-hybridized carbons (Fsp3) is 0.923. The highest BCUT2D eigenvalue weighted by atomic mass is 79.9. The number of halogens is 1. The Labute approximate surface area is 118 Å². The van der Waals surface area contributed by atoms with Crippen molar-refractivity contribution in [2.24, 2.45) is 0 Å². The molecule has 1 saturated heterocycles. The van der Waals surface area contributed by atoms with Crippen LogP contribution in [-0.2, 0) is 4.79 Å². The second kappa shape index (κ2) is 8.41. The molecule has 17 heavy (non-hydrogen) atoms. The Balaban J connectivity index is 2.63. The number of carbonyl (C=O) groups excluding carboxylic acids is 1. The van der Waals surface area contributed by atoms with Crippen LogP contribution in [0.1, 0.15) is 46.0 Å². The van der Waals surface area contributed by atoms with Crippen molar-refractivity contribution in [3.63, 3.8) is 0 Å². The molecule has 0 bridgehead atoms. The molecular formula is C13H24BrNOS. The van der Waals surface area contributed by atoms with E-state index >= 15 is 0 Å². The van der Waals surface area contributed by atoms with E-state index in [1.807, 2.05) is 11.8 Å². The highest BCUT2D eigenvalue weighted by Gasteiger charge is 2.29. The zero-order valence-corrected chi connectivity index (χ0v) is 13.4. The molecule has 1 aliphatic heterocycles. The van der Waals surface area contributed by atoms with Crippen LogP contribution < -0.4 is 0 Å². The molecule has 0 aromatic rings. The van der Waals surface area contributed by atoms with Crippen LogP contribution in [-0.4, -0.2) is 39.7 Å².